The van der Waals surface area contributed by atoms with Crippen LogP contribution in [0.4, 0.5) is 0 Å². The van der Waals surface area contributed by atoms with Gasteiger partial charge in [-0.2, -0.15) is 0 Å². The summed E-state index contributed by atoms with van der Waals surface area (Å²) in [4.78, 5) is 21.4. The summed E-state index contributed by atoms with van der Waals surface area (Å²) >= 11 is 0. The average Bonchev–Trinajstić information content (AvgIpc) is 2.14. The third-order valence-electron chi connectivity index (χ3n) is 2.42. The second-order valence-electron chi connectivity index (χ2n) is 3.04. The van der Waals surface area contributed by atoms with Crippen LogP contribution < -0.4 is 0 Å². The maximum absolute atomic E-state index is 10.7. The highest BCUT2D eigenvalue weighted by Gasteiger charge is 2.58. The lowest BCUT2D eigenvalue weighted by Gasteiger charge is -2.35. The largest absolute Gasteiger partial charge is 0.479 e. The predicted molar refractivity (Wildman–Crippen MR) is 45.8 cm³/mol. The van der Waals surface area contributed by atoms with Crippen molar-refractivity contribution in [1.82, 2.24) is 0 Å². The second kappa shape index (κ2) is 3.93. The Balaban J connectivity index is 5.37. The second-order valence-corrected chi connectivity index (χ2v) is 3.04. The van der Waals surface area contributed by atoms with Gasteiger partial charge in [-0.1, -0.05) is 13.8 Å². The van der Waals surface area contributed by atoms with Crippen molar-refractivity contribution in [1.29, 1.82) is 0 Å². The van der Waals surface area contributed by atoms with E-state index >= 15 is 0 Å². The molecule has 2 atom stereocenters. The molecule has 4 N–H and O–H groups in total. The van der Waals surface area contributed by atoms with E-state index in [0.29, 0.717) is 0 Å². The molecule has 0 bridgehead atoms. The summed E-state index contributed by atoms with van der Waals surface area (Å²) in [6.45, 7) is 2.58. The quantitative estimate of drug-likeness (QED) is 0.479. The van der Waals surface area contributed by atoms with Gasteiger partial charge in [0.1, 0.15) is 0 Å². The van der Waals surface area contributed by atoms with E-state index in [0.717, 1.165) is 0 Å². The smallest absolute Gasteiger partial charge is 0.339 e. The first-order chi connectivity index (χ1) is 6.26. The molecule has 0 heterocycles. The minimum Gasteiger partial charge on any atom is -0.479 e. The van der Waals surface area contributed by atoms with Gasteiger partial charge in [-0.3, -0.25) is 0 Å². The molecular formula is C8H14O6. The first-order valence-corrected chi connectivity index (χ1v) is 4.17. The zero-order valence-corrected chi connectivity index (χ0v) is 8.02. The number of carboxylic acid groups (broad SMARTS) is 2. The Morgan fingerprint density at radius 1 is 0.929 bits per heavy atom. The summed E-state index contributed by atoms with van der Waals surface area (Å²) in [5, 5.41) is 36.5. The van der Waals surface area contributed by atoms with E-state index in [4.69, 9.17) is 10.2 Å². The summed E-state index contributed by atoms with van der Waals surface area (Å²) in [5.41, 5.74) is -5.32. The number of hydrogen-bond donors (Lipinski definition) is 4. The fourth-order valence-corrected chi connectivity index (χ4v) is 1.24. The van der Waals surface area contributed by atoms with Gasteiger partial charge in [-0.15, -0.1) is 0 Å². The SMILES string of the molecule is CCC(O)(C(=O)O)C(O)(CC)C(=O)O. The van der Waals surface area contributed by atoms with Crippen LogP contribution in [0.15, 0.2) is 0 Å². The minimum absolute atomic E-state index is 0.390. The van der Waals surface area contributed by atoms with Crippen LogP contribution >= 0.6 is 0 Å². The normalized spacial score (nSPS) is 19.4. The molecule has 0 aliphatic carbocycles. The summed E-state index contributed by atoms with van der Waals surface area (Å²) in [6, 6.07) is 0. The molecule has 0 aliphatic heterocycles. The summed E-state index contributed by atoms with van der Waals surface area (Å²) in [7, 11) is 0. The predicted octanol–water partition coefficient (Wildman–Crippen LogP) is -0.562. The van der Waals surface area contributed by atoms with E-state index in [1.54, 1.807) is 0 Å². The van der Waals surface area contributed by atoms with Gasteiger partial charge in [-0.25, -0.2) is 9.59 Å². The van der Waals surface area contributed by atoms with Crippen molar-refractivity contribution in [2.45, 2.75) is 37.9 Å². The molecule has 0 saturated heterocycles. The first kappa shape index (κ1) is 12.9. The molecule has 0 aromatic rings. The van der Waals surface area contributed by atoms with Gasteiger partial charge in [0.2, 0.25) is 11.2 Å². The minimum atomic E-state index is -2.66. The van der Waals surface area contributed by atoms with Crippen LogP contribution in [-0.4, -0.2) is 43.6 Å². The van der Waals surface area contributed by atoms with Gasteiger partial charge in [-0.05, 0) is 12.8 Å². The Hall–Kier alpha value is -1.14. The zero-order chi connectivity index (χ0) is 11.6. The Morgan fingerprint density at radius 3 is 1.21 bits per heavy atom. The van der Waals surface area contributed by atoms with Crippen molar-refractivity contribution in [3.05, 3.63) is 0 Å². The van der Waals surface area contributed by atoms with E-state index in [1.165, 1.54) is 13.8 Å². The van der Waals surface area contributed by atoms with Crippen LogP contribution in [0.2, 0.25) is 0 Å². The lowest BCUT2D eigenvalue weighted by molar-refractivity contribution is -0.208. The van der Waals surface area contributed by atoms with Crippen LogP contribution in [0, 0.1) is 0 Å². The van der Waals surface area contributed by atoms with E-state index in [-0.39, 0.29) is 12.8 Å². The Labute approximate surface area is 80.8 Å². The van der Waals surface area contributed by atoms with Crippen LogP contribution in [0.5, 0.6) is 0 Å². The van der Waals surface area contributed by atoms with Crippen molar-refractivity contribution in [3.8, 4) is 0 Å². The van der Waals surface area contributed by atoms with Gasteiger partial charge in [0.15, 0.2) is 0 Å². The Kier molecular flexibility index (Phi) is 3.61. The van der Waals surface area contributed by atoms with Gasteiger partial charge in [0, 0.05) is 0 Å². The van der Waals surface area contributed by atoms with Crippen LogP contribution in [0.1, 0.15) is 26.7 Å². The Morgan fingerprint density at radius 2 is 1.14 bits per heavy atom. The third-order valence-corrected chi connectivity index (χ3v) is 2.42. The van der Waals surface area contributed by atoms with Gasteiger partial charge in [0.05, 0.1) is 0 Å². The fraction of sp³-hybridized carbons (Fsp3) is 0.750. The topological polar surface area (TPSA) is 115 Å². The molecule has 0 aromatic carbocycles. The molecule has 0 amide bonds. The number of rotatable bonds is 5. The standard InChI is InChI=1S/C8H14O6/c1-3-7(13,5(9)10)8(14,4-2)6(11)12/h13-14H,3-4H2,1-2H3,(H,9,10)(H,11,12). The van der Waals surface area contributed by atoms with E-state index in [1.807, 2.05) is 0 Å². The van der Waals surface area contributed by atoms with E-state index < -0.39 is 23.1 Å². The molecule has 2 unspecified atom stereocenters. The number of hydrogen-bond acceptors (Lipinski definition) is 4. The zero-order valence-electron chi connectivity index (χ0n) is 8.02. The molecule has 0 radical (unpaired) electrons. The number of aliphatic hydroxyl groups is 2. The highest BCUT2D eigenvalue weighted by Crippen LogP contribution is 2.29. The maximum Gasteiger partial charge on any atom is 0.339 e. The lowest BCUT2D eigenvalue weighted by atomic mass is 9.79. The van der Waals surface area contributed by atoms with Gasteiger partial charge in [0.25, 0.3) is 0 Å². The van der Waals surface area contributed by atoms with Gasteiger partial charge >= 0.3 is 11.9 Å². The molecule has 82 valence electrons. The van der Waals surface area contributed by atoms with Crippen molar-refractivity contribution in [2.24, 2.45) is 0 Å². The van der Waals surface area contributed by atoms with Crippen LogP contribution in [0.3, 0.4) is 0 Å². The van der Waals surface area contributed by atoms with Crippen LogP contribution in [0.25, 0.3) is 0 Å². The summed E-state index contributed by atoms with van der Waals surface area (Å²) in [6.07, 6.45) is -0.780. The molecular weight excluding hydrogens is 192 g/mol. The first-order valence-electron chi connectivity index (χ1n) is 4.17. The molecule has 0 aromatic heterocycles. The van der Waals surface area contributed by atoms with Crippen molar-refractivity contribution >= 4 is 11.9 Å². The molecule has 0 saturated carbocycles. The number of carbonyl (C=O) groups is 2. The van der Waals surface area contributed by atoms with E-state index in [2.05, 4.69) is 0 Å². The molecule has 14 heavy (non-hydrogen) atoms. The van der Waals surface area contributed by atoms with Crippen molar-refractivity contribution < 1.29 is 30.0 Å². The summed E-state index contributed by atoms with van der Waals surface area (Å²) < 4.78 is 0. The molecule has 0 spiro atoms. The lowest BCUT2D eigenvalue weighted by Crippen LogP contribution is -2.63. The molecule has 0 aliphatic rings. The molecule has 0 fully saturated rings. The summed E-state index contributed by atoms with van der Waals surface area (Å²) in [5.74, 6) is -3.49. The van der Waals surface area contributed by atoms with Gasteiger partial charge < -0.3 is 20.4 Å². The molecule has 6 heteroatoms. The fourth-order valence-electron chi connectivity index (χ4n) is 1.24. The number of aliphatic carboxylic acids is 2. The third kappa shape index (κ3) is 1.58. The number of carboxylic acids is 2. The van der Waals surface area contributed by atoms with E-state index in [9.17, 15) is 19.8 Å². The maximum atomic E-state index is 10.7. The van der Waals surface area contributed by atoms with Crippen molar-refractivity contribution in [2.75, 3.05) is 0 Å². The van der Waals surface area contributed by atoms with Crippen LogP contribution in [-0.2, 0) is 9.59 Å². The molecule has 0 rings (SSSR count). The highest BCUT2D eigenvalue weighted by atomic mass is 16.5. The van der Waals surface area contributed by atoms with Crippen molar-refractivity contribution in [3.63, 3.8) is 0 Å². The Bertz CT molecular complexity index is 224. The monoisotopic (exact) mass is 206 g/mol. The molecule has 6 nitrogen and oxygen atoms in total. The average molecular weight is 206 g/mol. The highest BCUT2D eigenvalue weighted by molar-refractivity contribution is 5.90.